The number of hydrogen-bond acceptors (Lipinski definition) is 7. The molecule has 19 heavy (non-hydrogen) atoms. The molecule has 0 spiro atoms. The van der Waals surface area contributed by atoms with Gasteiger partial charge >= 0.3 is 5.69 Å². The summed E-state index contributed by atoms with van der Waals surface area (Å²) < 4.78 is 5.31. The summed E-state index contributed by atoms with van der Waals surface area (Å²) in [6.07, 6.45) is 2.18. The number of likely N-dealkylation sites (N-methyl/N-ethyl adjacent to an activating group) is 1. The van der Waals surface area contributed by atoms with E-state index in [1.54, 1.807) is 11.9 Å². The van der Waals surface area contributed by atoms with Crippen LogP contribution in [0.3, 0.4) is 0 Å². The highest BCUT2D eigenvalue weighted by atomic mass is 16.6. The Morgan fingerprint density at radius 2 is 2.42 bits per heavy atom. The molecule has 0 saturated carbocycles. The lowest BCUT2D eigenvalue weighted by molar-refractivity contribution is -0.383. The summed E-state index contributed by atoms with van der Waals surface area (Å²) in [6.45, 7) is 3.66. The zero-order valence-electron chi connectivity index (χ0n) is 11.0. The van der Waals surface area contributed by atoms with Gasteiger partial charge in [-0.2, -0.15) is 0 Å². The molecule has 0 aromatic carbocycles. The van der Waals surface area contributed by atoms with Crippen molar-refractivity contribution in [3.63, 3.8) is 0 Å². The molecule has 104 valence electrons. The van der Waals surface area contributed by atoms with Gasteiger partial charge in [0.15, 0.2) is 0 Å². The maximum atomic E-state index is 11.3. The Bertz CT molecular complexity index is 462. The van der Waals surface area contributed by atoms with Crippen molar-refractivity contribution < 1.29 is 9.66 Å². The third-order valence-corrected chi connectivity index (χ3v) is 3.12. The molecule has 0 aliphatic carbocycles. The van der Waals surface area contributed by atoms with Crippen LogP contribution in [0.4, 0.5) is 17.3 Å². The van der Waals surface area contributed by atoms with E-state index in [1.165, 1.54) is 6.33 Å². The third-order valence-electron chi connectivity index (χ3n) is 3.12. The molecule has 8 heteroatoms. The molecule has 1 aliphatic rings. The van der Waals surface area contributed by atoms with Crippen LogP contribution >= 0.6 is 0 Å². The molecule has 0 amide bonds. The van der Waals surface area contributed by atoms with Crippen LogP contribution in [-0.2, 0) is 4.74 Å². The van der Waals surface area contributed by atoms with E-state index in [2.05, 4.69) is 15.3 Å². The summed E-state index contributed by atoms with van der Waals surface area (Å²) in [5.41, 5.74) is -0.0845. The molecule has 1 N–H and O–H groups in total. The molecule has 0 radical (unpaired) electrons. The summed E-state index contributed by atoms with van der Waals surface area (Å²) in [6, 6.07) is 0.114. The number of hydrogen-bond donors (Lipinski definition) is 1. The topological polar surface area (TPSA) is 93.4 Å². The maximum Gasteiger partial charge on any atom is 0.353 e. The molecular formula is C11H17N5O3. The monoisotopic (exact) mass is 267 g/mol. The van der Waals surface area contributed by atoms with Gasteiger partial charge in [-0.1, -0.05) is 0 Å². The van der Waals surface area contributed by atoms with Crippen molar-refractivity contribution in [2.75, 3.05) is 37.0 Å². The predicted octanol–water partition coefficient (Wildman–Crippen LogP) is 1.04. The molecule has 1 atom stereocenters. The van der Waals surface area contributed by atoms with Crippen molar-refractivity contribution in [2.45, 2.75) is 19.4 Å². The second-order valence-corrected chi connectivity index (χ2v) is 4.31. The van der Waals surface area contributed by atoms with Gasteiger partial charge in [0, 0.05) is 20.2 Å². The minimum absolute atomic E-state index is 0.0845. The van der Waals surface area contributed by atoms with Crippen molar-refractivity contribution in [1.82, 2.24) is 9.97 Å². The standard InChI is InChI=1S/C11H17N5O3/c1-3-12-10-9(16(17)18)11(14-7-13-10)15(2)8-4-5-19-6-8/h7-8H,3-6H2,1-2H3,(H,12,13,14). The smallest absolute Gasteiger partial charge is 0.353 e. The van der Waals surface area contributed by atoms with E-state index < -0.39 is 4.92 Å². The van der Waals surface area contributed by atoms with E-state index in [0.29, 0.717) is 25.6 Å². The molecule has 1 aromatic heterocycles. The second-order valence-electron chi connectivity index (χ2n) is 4.31. The Balaban J connectivity index is 2.37. The highest BCUT2D eigenvalue weighted by Crippen LogP contribution is 2.32. The second kappa shape index (κ2) is 5.79. The average molecular weight is 267 g/mol. The first kappa shape index (κ1) is 13.5. The molecule has 1 unspecified atom stereocenters. The molecule has 1 saturated heterocycles. The number of nitrogens with one attached hydrogen (secondary N) is 1. The predicted molar refractivity (Wildman–Crippen MR) is 70.5 cm³/mol. The minimum atomic E-state index is -0.445. The van der Waals surface area contributed by atoms with Crippen LogP contribution in [0.25, 0.3) is 0 Å². The van der Waals surface area contributed by atoms with Crippen molar-refractivity contribution in [2.24, 2.45) is 0 Å². The summed E-state index contributed by atoms with van der Waals surface area (Å²) in [4.78, 5) is 20.6. The quantitative estimate of drug-likeness (QED) is 0.629. The van der Waals surface area contributed by atoms with Gasteiger partial charge in [0.2, 0.25) is 11.6 Å². The molecule has 1 aliphatic heterocycles. The van der Waals surface area contributed by atoms with Crippen LogP contribution in [0.15, 0.2) is 6.33 Å². The third kappa shape index (κ3) is 2.73. The van der Waals surface area contributed by atoms with Crippen LogP contribution < -0.4 is 10.2 Å². The number of aromatic nitrogens is 2. The lowest BCUT2D eigenvalue weighted by Gasteiger charge is -2.24. The van der Waals surface area contributed by atoms with Gasteiger partial charge in [0.05, 0.1) is 17.6 Å². The van der Waals surface area contributed by atoms with Crippen LogP contribution in [0.5, 0.6) is 0 Å². The van der Waals surface area contributed by atoms with Crippen LogP contribution in [0, 0.1) is 10.1 Å². The molecule has 1 aromatic rings. The molecule has 2 rings (SSSR count). The van der Waals surface area contributed by atoms with E-state index >= 15 is 0 Å². The Morgan fingerprint density at radius 3 is 3.00 bits per heavy atom. The summed E-state index contributed by atoms with van der Waals surface area (Å²) in [7, 11) is 1.80. The average Bonchev–Trinajstić information content (AvgIpc) is 2.91. The fourth-order valence-corrected chi connectivity index (χ4v) is 2.09. The zero-order chi connectivity index (χ0) is 13.8. The number of nitro groups is 1. The van der Waals surface area contributed by atoms with Gasteiger partial charge in [0.1, 0.15) is 6.33 Å². The highest BCUT2D eigenvalue weighted by molar-refractivity contribution is 5.70. The summed E-state index contributed by atoms with van der Waals surface area (Å²) >= 11 is 0. The van der Waals surface area contributed by atoms with Gasteiger partial charge in [-0.05, 0) is 13.3 Å². The lowest BCUT2D eigenvalue weighted by atomic mass is 10.2. The van der Waals surface area contributed by atoms with Crippen LogP contribution in [0.1, 0.15) is 13.3 Å². The SMILES string of the molecule is CCNc1ncnc(N(C)C2CCOC2)c1[N+](=O)[O-]. The first-order valence-electron chi connectivity index (χ1n) is 6.19. The van der Waals surface area contributed by atoms with Crippen molar-refractivity contribution in [3.05, 3.63) is 16.4 Å². The minimum Gasteiger partial charge on any atom is -0.379 e. The van der Waals surface area contributed by atoms with Crippen LogP contribution in [0.2, 0.25) is 0 Å². The largest absolute Gasteiger partial charge is 0.379 e. The Labute approximate surface area is 110 Å². The van der Waals surface area contributed by atoms with Gasteiger partial charge in [-0.3, -0.25) is 10.1 Å². The number of rotatable bonds is 5. The van der Waals surface area contributed by atoms with Gasteiger partial charge in [0.25, 0.3) is 0 Å². The highest BCUT2D eigenvalue weighted by Gasteiger charge is 2.30. The van der Waals surface area contributed by atoms with E-state index in [4.69, 9.17) is 4.74 Å². The van der Waals surface area contributed by atoms with Gasteiger partial charge < -0.3 is 15.0 Å². The van der Waals surface area contributed by atoms with Crippen molar-refractivity contribution in [1.29, 1.82) is 0 Å². The molecule has 1 fully saturated rings. The van der Waals surface area contributed by atoms with E-state index in [-0.39, 0.29) is 17.5 Å². The van der Waals surface area contributed by atoms with E-state index in [1.807, 2.05) is 6.92 Å². The molecule has 0 bridgehead atoms. The zero-order valence-corrected chi connectivity index (χ0v) is 11.0. The Hall–Kier alpha value is -1.96. The number of nitrogens with zero attached hydrogens (tertiary/aromatic N) is 4. The fourth-order valence-electron chi connectivity index (χ4n) is 2.09. The molecule has 2 heterocycles. The lowest BCUT2D eigenvalue weighted by Crippen LogP contribution is -2.33. The van der Waals surface area contributed by atoms with Gasteiger partial charge in [-0.25, -0.2) is 9.97 Å². The normalized spacial score (nSPS) is 18.3. The van der Waals surface area contributed by atoms with E-state index in [0.717, 1.165) is 6.42 Å². The molecule has 8 nitrogen and oxygen atoms in total. The van der Waals surface area contributed by atoms with E-state index in [9.17, 15) is 10.1 Å². The van der Waals surface area contributed by atoms with Gasteiger partial charge in [-0.15, -0.1) is 0 Å². The summed E-state index contributed by atoms with van der Waals surface area (Å²) in [5.74, 6) is 0.578. The van der Waals surface area contributed by atoms with Crippen molar-refractivity contribution >= 4 is 17.3 Å². The fraction of sp³-hybridized carbons (Fsp3) is 0.636. The first-order valence-corrected chi connectivity index (χ1v) is 6.19. The molecular weight excluding hydrogens is 250 g/mol. The first-order chi connectivity index (χ1) is 9.15. The number of anilines is 2. The Morgan fingerprint density at radius 1 is 1.63 bits per heavy atom. The maximum absolute atomic E-state index is 11.3. The number of ether oxygens (including phenoxy) is 1. The van der Waals surface area contributed by atoms with Crippen LogP contribution in [-0.4, -0.2) is 47.7 Å². The Kier molecular flexibility index (Phi) is 4.10. The summed E-state index contributed by atoms with van der Waals surface area (Å²) in [5, 5.41) is 14.2. The van der Waals surface area contributed by atoms with Crippen molar-refractivity contribution in [3.8, 4) is 0 Å².